The third kappa shape index (κ3) is 5.69. The average molecular weight is 880 g/mol. The molecule has 0 bridgehead atoms. The molecule has 11 aromatic carbocycles. The van der Waals surface area contributed by atoms with Crippen molar-refractivity contribution in [1.82, 2.24) is 24.1 Å². The van der Waals surface area contributed by atoms with Gasteiger partial charge in [-0.25, -0.2) is 15.0 Å². The van der Waals surface area contributed by atoms with Crippen LogP contribution >= 0.6 is 0 Å². The lowest BCUT2D eigenvalue weighted by Gasteiger charge is -2.15. The Balaban J connectivity index is 1.07. The smallest absolute Gasteiger partial charge is 0.170 e. The fraction of sp³-hybridized carbons (Fsp3) is 0. The molecule has 0 unspecified atom stereocenters. The van der Waals surface area contributed by atoms with Crippen LogP contribution in [0.5, 0.6) is 0 Å². The monoisotopic (exact) mass is 879 g/mol. The van der Waals surface area contributed by atoms with Crippen molar-refractivity contribution in [3.05, 3.63) is 224 Å². The van der Waals surface area contributed by atoms with Gasteiger partial charge in [-0.3, -0.25) is 0 Å². The summed E-state index contributed by atoms with van der Waals surface area (Å²) in [5, 5.41) is 13.5. The molecule has 0 aliphatic carbocycles. The Labute approximate surface area is 394 Å². The van der Waals surface area contributed by atoms with Gasteiger partial charge in [0.2, 0.25) is 0 Å². The second kappa shape index (κ2) is 14.6. The fourth-order valence-electron chi connectivity index (χ4n) is 10.9. The van der Waals surface area contributed by atoms with E-state index >= 15 is 0 Å². The van der Waals surface area contributed by atoms with E-state index in [-0.39, 0.29) is 0 Å². The minimum Gasteiger partial charge on any atom is -0.455 e. The summed E-state index contributed by atoms with van der Waals surface area (Å²) < 4.78 is 12.0. The minimum atomic E-state index is 0.516. The Hall–Kier alpha value is -9.39. The van der Waals surface area contributed by atoms with E-state index in [2.05, 4.69) is 234 Å². The van der Waals surface area contributed by atoms with Gasteiger partial charge in [-0.1, -0.05) is 158 Å². The van der Waals surface area contributed by atoms with Gasteiger partial charge in [0.1, 0.15) is 11.2 Å². The maximum atomic E-state index is 7.27. The normalized spacial score (nSPS) is 12.1. The van der Waals surface area contributed by atoms with Gasteiger partial charge in [0.05, 0.1) is 33.3 Å². The van der Waals surface area contributed by atoms with Crippen molar-refractivity contribution in [2.45, 2.75) is 0 Å². The predicted molar refractivity (Wildman–Crippen MR) is 285 cm³/mol. The van der Waals surface area contributed by atoms with Crippen molar-refractivity contribution in [2.75, 3.05) is 0 Å². The first-order chi connectivity index (χ1) is 34.2. The van der Waals surface area contributed by atoms with Crippen LogP contribution in [0.25, 0.3) is 143 Å². The summed E-state index contributed by atoms with van der Waals surface area (Å²) in [6.45, 7) is 0. The van der Waals surface area contributed by atoms with Crippen LogP contribution in [0, 0.1) is 0 Å². The molecule has 320 valence electrons. The van der Waals surface area contributed by atoms with Crippen molar-refractivity contribution in [3.8, 4) is 45.5 Å². The lowest BCUT2D eigenvalue weighted by molar-refractivity contribution is 0.673. The van der Waals surface area contributed by atoms with E-state index in [4.69, 9.17) is 19.4 Å². The van der Waals surface area contributed by atoms with Crippen LogP contribution < -0.4 is 0 Å². The van der Waals surface area contributed by atoms with Gasteiger partial charge in [-0.2, -0.15) is 0 Å². The molecule has 0 fully saturated rings. The molecule has 4 aromatic heterocycles. The summed E-state index contributed by atoms with van der Waals surface area (Å²) >= 11 is 0. The molecule has 0 saturated carbocycles. The van der Waals surface area contributed by atoms with Gasteiger partial charge in [0.15, 0.2) is 17.5 Å². The maximum absolute atomic E-state index is 7.27. The molecule has 6 nitrogen and oxygen atoms in total. The van der Waals surface area contributed by atoms with Crippen LogP contribution in [0.15, 0.2) is 229 Å². The lowest BCUT2D eigenvalue weighted by Crippen LogP contribution is -2.04. The van der Waals surface area contributed by atoms with Crippen LogP contribution in [0.1, 0.15) is 0 Å². The maximum Gasteiger partial charge on any atom is 0.170 e. The number of fused-ring (bicyclic) bond motifs is 13. The molecular formula is C63H37N5O. The number of furan rings is 1. The van der Waals surface area contributed by atoms with Gasteiger partial charge in [-0.15, -0.1) is 0 Å². The number of hydrogen-bond acceptors (Lipinski definition) is 4. The van der Waals surface area contributed by atoms with Crippen molar-refractivity contribution in [3.63, 3.8) is 0 Å². The number of rotatable bonds is 5. The first-order valence-electron chi connectivity index (χ1n) is 23.3. The summed E-state index contributed by atoms with van der Waals surface area (Å²) in [5.74, 6) is 1.65. The Kier molecular flexibility index (Phi) is 7.97. The second-order valence-electron chi connectivity index (χ2n) is 18.0. The SMILES string of the molecule is c1ccc(-n2c3ccccc3c3ccc(-c4nc(-c5ccc6ccccc6c5)nc(-c5c(-n6c7ccccc7c7cc8ccccc8cc76)ccc6c5oc5c7ccccc7ccc65)n4)cc32)cc1. The standard InChI is InChI=1S/C63H37N5O/c1-2-19-45(20-3-1)67-53-24-12-10-22-47(53)49-30-29-44(37-56(49)67)62-64-61(43-27-26-38-14-4-5-16-40(38)34-43)65-63(66-62)58-55(33-32-51-50-31-28-39-15-8-9-21-46(39)59(50)69-60(51)58)68-54-25-13-11-23-48(54)52-35-41-17-6-7-18-42(41)36-57(52)68/h1-37H. The van der Waals surface area contributed by atoms with Crippen LogP contribution in [0.3, 0.4) is 0 Å². The van der Waals surface area contributed by atoms with E-state index in [1.54, 1.807) is 0 Å². The van der Waals surface area contributed by atoms with E-state index < -0.39 is 0 Å². The van der Waals surface area contributed by atoms with Gasteiger partial charge >= 0.3 is 0 Å². The molecule has 0 atom stereocenters. The highest BCUT2D eigenvalue weighted by Crippen LogP contribution is 2.45. The number of hydrogen-bond donors (Lipinski definition) is 0. The van der Waals surface area contributed by atoms with Gasteiger partial charge in [0.25, 0.3) is 0 Å². The molecule has 0 amide bonds. The fourth-order valence-corrected chi connectivity index (χ4v) is 10.9. The summed E-state index contributed by atoms with van der Waals surface area (Å²) in [4.78, 5) is 16.5. The summed E-state index contributed by atoms with van der Waals surface area (Å²) in [6.07, 6.45) is 0. The molecule has 0 N–H and O–H groups in total. The van der Waals surface area contributed by atoms with Crippen molar-refractivity contribution in [2.24, 2.45) is 0 Å². The molecule has 0 aliphatic heterocycles. The second-order valence-corrected chi connectivity index (χ2v) is 18.0. The zero-order valence-electron chi connectivity index (χ0n) is 37.0. The third-order valence-electron chi connectivity index (χ3n) is 14.1. The third-order valence-corrected chi connectivity index (χ3v) is 14.1. The van der Waals surface area contributed by atoms with Crippen molar-refractivity contribution < 1.29 is 4.42 Å². The predicted octanol–water partition coefficient (Wildman–Crippen LogP) is 16.4. The molecule has 0 radical (unpaired) electrons. The molecule has 69 heavy (non-hydrogen) atoms. The van der Waals surface area contributed by atoms with Crippen molar-refractivity contribution >= 4 is 97.9 Å². The Bertz CT molecular complexity index is 4620. The topological polar surface area (TPSA) is 61.7 Å². The average Bonchev–Trinajstić information content (AvgIpc) is 4.07. The minimum absolute atomic E-state index is 0.516. The lowest BCUT2D eigenvalue weighted by atomic mass is 10.0. The highest BCUT2D eigenvalue weighted by atomic mass is 16.3. The zero-order valence-corrected chi connectivity index (χ0v) is 37.0. The first kappa shape index (κ1) is 37.8. The molecule has 6 heteroatoms. The van der Waals surface area contributed by atoms with Crippen molar-refractivity contribution in [1.29, 1.82) is 0 Å². The number of aromatic nitrogens is 5. The van der Waals surface area contributed by atoms with Crippen LogP contribution in [-0.2, 0) is 0 Å². The van der Waals surface area contributed by atoms with E-state index in [1.165, 1.54) is 16.2 Å². The summed E-state index contributed by atoms with van der Waals surface area (Å²) in [5.41, 5.74) is 10.5. The zero-order chi connectivity index (χ0) is 45.2. The van der Waals surface area contributed by atoms with E-state index in [9.17, 15) is 0 Å². The van der Waals surface area contributed by atoms with Gasteiger partial charge in [-0.05, 0) is 93.7 Å². The van der Waals surface area contributed by atoms with Gasteiger partial charge in [0, 0.05) is 54.5 Å². The molecule has 0 aliphatic rings. The number of para-hydroxylation sites is 3. The Morgan fingerprint density at radius 1 is 0.290 bits per heavy atom. The van der Waals surface area contributed by atoms with Crippen LogP contribution in [0.4, 0.5) is 0 Å². The quantitative estimate of drug-likeness (QED) is 0.173. The number of nitrogens with zero attached hydrogens (tertiary/aromatic N) is 5. The van der Waals surface area contributed by atoms with E-state index in [1.807, 2.05) is 0 Å². The molecule has 4 heterocycles. The highest BCUT2D eigenvalue weighted by molar-refractivity contribution is 6.19. The number of benzene rings is 11. The van der Waals surface area contributed by atoms with Crippen LogP contribution in [0.2, 0.25) is 0 Å². The largest absolute Gasteiger partial charge is 0.455 e. The van der Waals surface area contributed by atoms with E-state index in [0.717, 1.165) is 104 Å². The molecule has 15 aromatic rings. The molecule has 0 spiro atoms. The molecule has 0 saturated heterocycles. The van der Waals surface area contributed by atoms with Crippen LogP contribution in [-0.4, -0.2) is 24.1 Å². The first-order valence-corrected chi connectivity index (χ1v) is 23.3. The molecule has 15 rings (SSSR count). The van der Waals surface area contributed by atoms with Gasteiger partial charge < -0.3 is 13.6 Å². The summed E-state index contributed by atoms with van der Waals surface area (Å²) in [7, 11) is 0. The Morgan fingerprint density at radius 3 is 1.58 bits per heavy atom. The van der Waals surface area contributed by atoms with E-state index in [0.29, 0.717) is 23.1 Å². The molecular weight excluding hydrogens is 843 g/mol. The Morgan fingerprint density at radius 2 is 0.797 bits per heavy atom. The highest BCUT2D eigenvalue weighted by Gasteiger charge is 2.26. The summed E-state index contributed by atoms with van der Waals surface area (Å²) in [6, 6.07) is 79.8.